The van der Waals surface area contributed by atoms with E-state index in [1.165, 1.54) is 4.90 Å². The quantitative estimate of drug-likeness (QED) is 0.620. The topological polar surface area (TPSA) is 38.1 Å². The van der Waals surface area contributed by atoms with Crippen molar-refractivity contribution in [3.63, 3.8) is 0 Å². The molecule has 4 nitrogen and oxygen atoms in total. The number of hydrogen-bond acceptors (Lipinski definition) is 3. The first-order chi connectivity index (χ1) is 12.6. The van der Waals surface area contributed by atoms with Crippen molar-refractivity contribution in [2.75, 3.05) is 17.7 Å². The van der Waals surface area contributed by atoms with Gasteiger partial charge in [-0.1, -0.05) is 18.2 Å². The van der Waals surface area contributed by atoms with Crippen LogP contribution in [0.2, 0.25) is 0 Å². The van der Waals surface area contributed by atoms with Gasteiger partial charge >= 0.3 is 0 Å². The van der Waals surface area contributed by atoms with Crippen molar-refractivity contribution in [3.8, 4) is 0 Å². The van der Waals surface area contributed by atoms with Gasteiger partial charge in [-0.2, -0.15) is 0 Å². The smallest absolute Gasteiger partial charge is 0.227 e. The highest BCUT2D eigenvalue weighted by atomic mass is 32.2. The van der Waals surface area contributed by atoms with E-state index in [1.807, 2.05) is 35.2 Å². The van der Waals surface area contributed by atoms with E-state index < -0.39 is 0 Å². The van der Waals surface area contributed by atoms with E-state index in [1.54, 1.807) is 11.8 Å². The summed E-state index contributed by atoms with van der Waals surface area (Å²) in [5.41, 5.74) is 3.14. The van der Waals surface area contributed by atoms with Crippen molar-refractivity contribution in [3.05, 3.63) is 54.4 Å². The number of hydrogen-bond donors (Lipinski definition) is 0. The van der Waals surface area contributed by atoms with E-state index in [9.17, 15) is 4.79 Å². The first-order valence-corrected chi connectivity index (χ1v) is 10.2. The van der Waals surface area contributed by atoms with Crippen LogP contribution in [0.25, 0.3) is 11.0 Å². The molecule has 2 heterocycles. The molecule has 0 bridgehead atoms. The molecule has 0 saturated carbocycles. The van der Waals surface area contributed by atoms with Gasteiger partial charge in [-0.05, 0) is 50.4 Å². The van der Waals surface area contributed by atoms with Gasteiger partial charge < -0.3 is 9.47 Å². The lowest BCUT2D eigenvalue weighted by atomic mass is 10.1. The van der Waals surface area contributed by atoms with E-state index in [0.29, 0.717) is 19.0 Å². The highest BCUT2D eigenvalue weighted by Gasteiger charge is 2.35. The minimum Gasteiger partial charge on any atom is -0.325 e. The fourth-order valence-corrected chi connectivity index (χ4v) is 4.26. The number of thioether (sulfide) groups is 1. The third-order valence-electron chi connectivity index (χ3n) is 4.99. The Kier molecular flexibility index (Phi) is 4.49. The van der Waals surface area contributed by atoms with E-state index in [2.05, 4.69) is 42.9 Å². The summed E-state index contributed by atoms with van der Waals surface area (Å²) >= 11 is 1.70. The van der Waals surface area contributed by atoms with E-state index >= 15 is 0 Å². The minimum absolute atomic E-state index is 0.121. The molecule has 0 N–H and O–H groups in total. The number of benzene rings is 2. The molecule has 1 atom stereocenters. The Morgan fingerprint density at radius 3 is 2.73 bits per heavy atom. The Balaban J connectivity index is 1.71. The molecule has 2 aromatic carbocycles. The number of anilines is 1. The number of carbonyl (C=O) groups excluding carboxylic acids is 1. The van der Waals surface area contributed by atoms with Gasteiger partial charge in [0.1, 0.15) is 5.82 Å². The summed E-state index contributed by atoms with van der Waals surface area (Å²) in [5, 5.41) is 0. The Bertz CT molecular complexity index is 963. The van der Waals surface area contributed by atoms with Gasteiger partial charge in [-0.25, -0.2) is 4.98 Å². The van der Waals surface area contributed by atoms with Gasteiger partial charge in [0.2, 0.25) is 5.91 Å². The lowest BCUT2D eigenvalue weighted by Gasteiger charge is -2.19. The zero-order chi connectivity index (χ0) is 18.3. The predicted molar refractivity (Wildman–Crippen MR) is 108 cm³/mol. The second-order valence-corrected chi connectivity index (χ2v) is 7.91. The lowest BCUT2D eigenvalue weighted by Crippen LogP contribution is -2.24. The summed E-state index contributed by atoms with van der Waals surface area (Å²) in [7, 11) is 0. The van der Waals surface area contributed by atoms with Gasteiger partial charge in [0, 0.05) is 35.5 Å². The van der Waals surface area contributed by atoms with E-state index in [-0.39, 0.29) is 11.8 Å². The molecule has 0 spiro atoms. The molecule has 1 aliphatic heterocycles. The van der Waals surface area contributed by atoms with Crippen molar-refractivity contribution in [2.45, 2.75) is 37.1 Å². The standard InChI is InChI=1S/C21H23N3OS/c1-14(2)24-19-10-5-4-9-18(19)22-21(24)15-11-20(25)23(13-15)16-7-6-8-17(12-16)26-3/h4-10,12,14-15H,11,13H2,1-3H3/t15-/m0/s1. The van der Waals surface area contributed by atoms with Gasteiger partial charge in [-0.3, -0.25) is 4.79 Å². The third-order valence-corrected chi connectivity index (χ3v) is 5.72. The van der Waals surface area contributed by atoms with Crippen molar-refractivity contribution < 1.29 is 4.79 Å². The molecular formula is C21H23N3OS. The molecule has 26 heavy (non-hydrogen) atoms. The van der Waals surface area contributed by atoms with Gasteiger partial charge in [0.25, 0.3) is 0 Å². The van der Waals surface area contributed by atoms with Crippen LogP contribution in [-0.2, 0) is 4.79 Å². The maximum atomic E-state index is 12.7. The molecule has 1 aliphatic rings. The summed E-state index contributed by atoms with van der Waals surface area (Å²) in [6.45, 7) is 5.04. The monoisotopic (exact) mass is 365 g/mol. The second kappa shape index (κ2) is 6.80. The number of carbonyl (C=O) groups is 1. The molecular weight excluding hydrogens is 342 g/mol. The SMILES string of the molecule is CSc1cccc(N2C[C@@H](c3nc4ccccc4n3C(C)C)CC2=O)c1. The van der Waals surface area contributed by atoms with Gasteiger partial charge in [0.15, 0.2) is 0 Å². The van der Waals surface area contributed by atoms with Crippen molar-refractivity contribution >= 4 is 34.4 Å². The normalized spacial score (nSPS) is 17.6. The predicted octanol–water partition coefficient (Wildman–Crippen LogP) is 4.86. The molecule has 5 heteroatoms. The Morgan fingerprint density at radius 1 is 1.15 bits per heavy atom. The van der Waals surface area contributed by atoms with Crippen molar-refractivity contribution in [1.29, 1.82) is 0 Å². The first-order valence-electron chi connectivity index (χ1n) is 8.99. The van der Waals surface area contributed by atoms with Crippen LogP contribution in [0.3, 0.4) is 0 Å². The van der Waals surface area contributed by atoms with Crippen molar-refractivity contribution in [1.82, 2.24) is 9.55 Å². The number of amides is 1. The highest BCUT2D eigenvalue weighted by Crippen LogP contribution is 2.35. The number of fused-ring (bicyclic) bond motifs is 1. The fourth-order valence-electron chi connectivity index (χ4n) is 3.80. The van der Waals surface area contributed by atoms with Gasteiger partial charge in [0.05, 0.1) is 11.0 Å². The van der Waals surface area contributed by atoms with E-state index in [4.69, 9.17) is 4.98 Å². The first kappa shape index (κ1) is 17.2. The lowest BCUT2D eigenvalue weighted by molar-refractivity contribution is -0.117. The zero-order valence-corrected chi connectivity index (χ0v) is 16.2. The molecule has 1 amide bonds. The second-order valence-electron chi connectivity index (χ2n) is 7.03. The number of para-hydroxylation sites is 2. The molecule has 134 valence electrons. The van der Waals surface area contributed by atoms with Crippen LogP contribution in [0, 0.1) is 0 Å². The number of rotatable bonds is 4. The zero-order valence-electron chi connectivity index (χ0n) is 15.3. The molecule has 3 aromatic rings. The average molecular weight is 366 g/mol. The summed E-state index contributed by atoms with van der Waals surface area (Å²) in [6.07, 6.45) is 2.57. The maximum absolute atomic E-state index is 12.7. The molecule has 1 fully saturated rings. The number of nitrogens with zero attached hydrogens (tertiary/aromatic N) is 3. The number of imidazole rings is 1. The maximum Gasteiger partial charge on any atom is 0.227 e. The Labute approximate surface area is 158 Å². The van der Waals surface area contributed by atoms with Crippen LogP contribution in [-0.4, -0.2) is 28.3 Å². The van der Waals surface area contributed by atoms with Crippen LogP contribution in [0.4, 0.5) is 5.69 Å². The summed E-state index contributed by atoms with van der Waals surface area (Å²) in [6, 6.07) is 16.7. The summed E-state index contributed by atoms with van der Waals surface area (Å²) in [4.78, 5) is 20.7. The molecule has 0 aliphatic carbocycles. The van der Waals surface area contributed by atoms with Crippen LogP contribution in [0.1, 0.15) is 38.1 Å². The average Bonchev–Trinajstić information content (AvgIpc) is 3.22. The number of aromatic nitrogens is 2. The molecule has 4 rings (SSSR count). The van der Waals surface area contributed by atoms with Gasteiger partial charge in [-0.15, -0.1) is 11.8 Å². The molecule has 1 saturated heterocycles. The van der Waals surface area contributed by atoms with Crippen molar-refractivity contribution in [2.24, 2.45) is 0 Å². The third kappa shape index (κ3) is 2.90. The van der Waals surface area contributed by atoms with Crippen LogP contribution in [0.5, 0.6) is 0 Å². The Morgan fingerprint density at radius 2 is 1.96 bits per heavy atom. The van der Waals surface area contributed by atoms with Crippen LogP contribution in [0.15, 0.2) is 53.4 Å². The largest absolute Gasteiger partial charge is 0.325 e. The van der Waals surface area contributed by atoms with Crippen LogP contribution < -0.4 is 4.90 Å². The van der Waals surface area contributed by atoms with E-state index in [0.717, 1.165) is 22.5 Å². The molecule has 1 aromatic heterocycles. The fraction of sp³-hybridized carbons (Fsp3) is 0.333. The minimum atomic E-state index is 0.121. The highest BCUT2D eigenvalue weighted by molar-refractivity contribution is 7.98. The summed E-state index contributed by atoms with van der Waals surface area (Å²) < 4.78 is 2.29. The molecule has 0 unspecified atom stereocenters. The summed E-state index contributed by atoms with van der Waals surface area (Å²) in [5.74, 6) is 1.32. The molecule has 0 radical (unpaired) electrons. The van der Waals surface area contributed by atoms with Crippen LogP contribution >= 0.6 is 11.8 Å². The Hall–Kier alpha value is -2.27.